The Morgan fingerprint density at radius 3 is 2.83 bits per heavy atom. The molecule has 1 atom stereocenters. The number of hydrogen-bond donors (Lipinski definition) is 3. The van der Waals surface area contributed by atoms with Gasteiger partial charge in [-0.25, -0.2) is 4.79 Å². The molecule has 4 nitrogen and oxygen atoms in total. The fraction of sp³-hybridized carbons (Fsp3) is 0.462. The van der Waals surface area contributed by atoms with Gasteiger partial charge in [0, 0.05) is 23.3 Å². The molecule has 1 aliphatic rings. The Bertz CT molecular complexity index is 446. The molecular formula is C13H18ClN3O. The van der Waals surface area contributed by atoms with Crippen LogP contribution >= 0.6 is 11.6 Å². The highest BCUT2D eigenvalue weighted by atomic mass is 35.5. The van der Waals surface area contributed by atoms with Crippen LogP contribution in [-0.2, 0) is 0 Å². The van der Waals surface area contributed by atoms with Gasteiger partial charge >= 0.3 is 6.03 Å². The van der Waals surface area contributed by atoms with E-state index in [2.05, 4.69) is 10.6 Å². The van der Waals surface area contributed by atoms with Gasteiger partial charge in [0.05, 0.1) is 0 Å². The molecule has 1 unspecified atom stereocenters. The lowest BCUT2D eigenvalue weighted by Gasteiger charge is -2.16. The molecule has 1 fully saturated rings. The van der Waals surface area contributed by atoms with Crippen molar-refractivity contribution in [2.45, 2.75) is 25.8 Å². The zero-order chi connectivity index (χ0) is 13.1. The van der Waals surface area contributed by atoms with Crippen molar-refractivity contribution in [3.05, 3.63) is 28.8 Å². The largest absolute Gasteiger partial charge is 0.334 e. The fourth-order valence-corrected chi connectivity index (χ4v) is 2.05. The molecule has 1 aromatic rings. The number of nitrogens with one attached hydrogen (secondary N) is 2. The van der Waals surface area contributed by atoms with E-state index in [0.717, 1.165) is 18.4 Å². The van der Waals surface area contributed by atoms with Gasteiger partial charge in [0.15, 0.2) is 0 Å². The monoisotopic (exact) mass is 267 g/mol. The molecule has 0 radical (unpaired) electrons. The predicted molar refractivity (Wildman–Crippen MR) is 73.9 cm³/mol. The number of amides is 2. The second-order valence-corrected chi connectivity index (χ2v) is 5.15. The van der Waals surface area contributed by atoms with Crippen molar-refractivity contribution in [3.63, 3.8) is 0 Å². The molecule has 2 amide bonds. The highest BCUT2D eigenvalue weighted by Gasteiger charge is 2.31. The smallest absolute Gasteiger partial charge is 0.319 e. The van der Waals surface area contributed by atoms with Gasteiger partial charge in [-0.3, -0.25) is 0 Å². The molecule has 0 heterocycles. The van der Waals surface area contributed by atoms with Gasteiger partial charge in [-0.2, -0.15) is 0 Å². The predicted octanol–water partition coefficient (Wildman–Crippen LogP) is 2.51. The normalized spacial score (nSPS) is 16.2. The van der Waals surface area contributed by atoms with Crippen LogP contribution in [0.25, 0.3) is 0 Å². The van der Waals surface area contributed by atoms with Crippen molar-refractivity contribution >= 4 is 23.3 Å². The third-order valence-corrected chi connectivity index (χ3v) is 3.60. The molecule has 0 spiro atoms. The average Bonchev–Trinajstić information content (AvgIpc) is 3.15. The highest BCUT2D eigenvalue weighted by Crippen LogP contribution is 2.32. The molecule has 18 heavy (non-hydrogen) atoms. The number of nitrogens with two attached hydrogens (primary N) is 1. The summed E-state index contributed by atoms with van der Waals surface area (Å²) in [5.41, 5.74) is 7.31. The van der Waals surface area contributed by atoms with Gasteiger partial charge in [0.1, 0.15) is 0 Å². The Morgan fingerprint density at radius 2 is 2.28 bits per heavy atom. The van der Waals surface area contributed by atoms with Crippen LogP contribution < -0.4 is 16.4 Å². The van der Waals surface area contributed by atoms with E-state index in [-0.39, 0.29) is 12.1 Å². The Balaban J connectivity index is 1.91. The summed E-state index contributed by atoms with van der Waals surface area (Å²) in [7, 11) is 0. The third-order valence-electron chi connectivity index (χ3n) is 3.19. The SMILES string of the molecule is Cc1ccc(NC(=O)NC(CN)C2CC2)cc1Cl. The van der Waals surface area contributed by atoms with E-state index in [4.69, 9.17) is 17.3 Å². The molecule has 98 valence electrons. The second-order valence-electron chi connectivity index (χ2n) is 4.74. The number of rotatable bonds is 4. The number of carbonyl (C=O) groups is 1. The van der Waals surface area contributed by atoms with E-state index in [1.54, 1.807) is 6.07 Å². The topological polar surface area (TPSA) is 67.2 Å². The first-order valence-corrected chi connectivity index (χ1v) is 6.51. The van der Waals surface area contributed by atoms with Gasteiger partial charge in [0.25, 0.3) is 0 Å². The van der Waals surface area contributed by atoms with Crippen molar-refractivity contribution < 1.29 is 4.79 Å². The molecule has 1 aliphatic carbocycles. The van der Waals surface area contributed by atoms with E-state index in [1.807, 2.05) is 19.1 Å². The molecule has 1 saturated carbocycles. The Hall–Kier alpha value is -1.26. The maximum atomic E-state index is 11.8. The van der Waals surface area contributed by atoms with Crippen LogP contribution in [0.15, 0.2) is 18.2 Å². The lowest BCUT2D eigenvalue weighted by molar-refractivity contribution is 0.247. The number of carbonyl (C=O) groups excluding carboxylic acids is 1. The lowest BCUT2D eigenvalue weighted by Crippen LogP contribution is -2.43. The molecular weight excluding hydrogens is 250 g/mol. The van der Waals surface area contributed by atoms with E-state index in [9.17, 15) is 4.79 Å². The summed E-state index contributed by atoms with van der Waals surface area (Å²) >= 11 is 6.00. The van der Waals surface area contributed by atoms with Crippen molar-refractivity contribution in [2.24, 2.45) is 11.7 Å². The molecule has 0 aromatic heterocycles. The first-order valence-electron chi connectivity index (χ1n) is 6.14. The molecule has 4 N–H and O–H groups in total. The van der Waals surface area contributed by atoms with Crippen LogP contribution in [0, 0.1) is 12.8 Å². The minimum absolute atomic E-state index is 0.0749. The standard InChI is InChI=1S/C13H18ClN3O/c1-8-2-5-10(6-11(8)14)16-13(18)17-12(7-15)9-3-4-9/h2,5-6,9,12H,3-4,7,15H2,1H3,(H2,16,17,18). The number of benzene rings is 1. The summed E-state index contributed by atoms with van der Waals surface area (Å²) in [4.78, 5) is 11.8. The molecule has 1 aromatic carbocycles. The summed E-state index contributed by atoms with van der Waals surface area (Å²) in [5.74, 6) is 0.544. The van der Waals surface area contributed by atoms with Crippen molar-refractivity contribution in [2.75, 3.05) is 11.9 Å². The van der Waals surface area contributed by atoms with Crippen molar-refractivity contribution in [3.8, 4) is 0 Å². The highest BCUT2D eigenvalue weighted by molar-refractivity contribution is 6.31. The van der Waals surface area contributed by atoms with Gasteiger partial charge < -0.3 is 16.4 Å². The van der Waals surface area contributed by atoms with Gasteiger partial charge in [-0.1, -0.05) is 17.7 Å². The van der Waals surface area contributed by atoms with Crippen LogP contribution in [0.2, 0.25) is 5.02 Å². The van der Waals surface area contributed by atoms with E-state index < -0.39 is 0 Å². The Kier molecular flexibility index (Phi) is 4.09. The Labute approximate surface area is 112 Å². The molecule has 0 bridgehead atoms. The first-order chi connectivity index (χ1) is 8.60. The lowest BCUT2D eigenvalue weighted by atomic mass is 10.2. The van der Waals surface area contributed by atoms with Crippen LogP contribution in [0.3, 0.4) is 0 Å². The number of urea groups is 1. The van der Waals surface area contributed by atoms with Gasteiger partial charge in [0.2, 0.25) is 0 Å². The minimum atomic E-state index is -0.225. The van der Waals surface area contributed by atoms with Crippen molar-refractivity contribution in [1.82, 2.24) is 5.32 Å². The van der Waals surface area contributed by atoms with Crippen LogP contribution in [-0.4, -0.2) is 18.6 Å². The average molecular weight is 268 g/mol. The maximum absolute atomic E-state index is 11.8. The van der Waals surface area contributed by atoms with E-state index >= 15 is 0 Å². The van der Waals surface area contributed by atoms with Crippen LogP contribution in [0.1, 0.15) is 18.4 Å². The summed E-state index contributed by atoms with van der Waals surface area (Å²) < 4.78 is 0. The summed E-state index contributed by atoms with van der Waals surface area (Å²) in [6, 6.07) is 5.29. The molecule has 5 heteroatoms. The second kappa shape index (κ2) is 5.59. The summed E-state index contributed by atoms with van der Waals surface area (Å²) in [6.07, 6.45) is 2.30. The van der Waals surface area contributed by atoms with Crippen LogP contribution in [0.4, 0.5) is 10.5 Å². The maximum Gasteiger partial charge on any atom is 0.319 e. The van der Waals surface area contributed by atoms with Crippen LogP contribution in [0.5, 0.6) is 0 Å². The fourth-order valence-electron chi connectivity index (χ4n) is 1.87. The number of aryl methyl sites for hydroxylation is 1. The summed E-state index contributed by atoms with van der Waals surface area (Å²) in [5, 5.41) is 6.30. The zero-order valence-corrected chi connectivity index (χ0v) is 11.1. The van der Waals surface area contributed by atoms with Gasteiger partial charge in [-0.15, -0.1) is 0 Å². The third kappa shape index (κ3) is 3.37. The first kappa shape index (κ1) is 13.2. The summed E-state index contributed by atoms with van der Waals surface area (Å²) in [6.45, 7) is 2.40. The quantitative estimate of drug-likeness (QED) is 0.785. The minimum Gasteiger partial charge on any atom is -0.334 e. The molecule has 0 aliphatic heterocycles. The number of hydrogen-bond acceptors (Lipinski definition) is 2. The Morgan fingerprint density at radius 1 is 1.56 bits per heavy atom. The van der Waals surface area contributed by atoms with Crippen molar-refractivity contribution in [1.29, 1.82) is 0 Å². The number of anilines is 1. The van der Waals surface area contributed by atoms with Gasteiger partial charge in [-0.05, 0) is 43.4 Å². The molecule has 0 saturated heterocycles. The van der Waals surface area contributed by atoms with E-state index in [1.165, 1.54) is 0 Å². The number of halogens is 1. The van der Waals surface area contributed by atoms with E-state index in [0.29, 0.717) is 23.2 Å². The zero-order valence-electron chi connectivity index (χ0n) is 10.4. The molecule has 2 rings (SSSR count).